The number of hydrogen-bond acceptors (Lipinski definition) is 4. The molecule has 0 fully saturated rings. The van der Waals surface area contributed by atoms with E-state index in [2.05, 4.69) is 4.98 Å². The summed E-state index contributed by atoms with van der Waals surface area (Å²) in [6.07, 6.45) is -3.98. The van der Waals surface area contributed by atoms with E-state index in [1.807, 2.05) is 0 Å². The van der Waals surface area contributed by atoms with Gasteiger partial charge in [0.15, 0.2) is 0 Å². The lowest BCUT2D eigenvalue weighted by atomic mass is 10.3. The number of alkyl halides is 3. The summed E-state index contributed by atoms with van der Waals surface area (Å²) in [4.78, 5) is 14.5. The molecule has 0 saturated heterocycles. The molecule has 1 heterocycles. The van der Waals surface area contributed by atoms with Crippen LogP contribution in [0.5, 0.6) is 0 Å². The minimum Gasteiger partial charge on any atom is -0.347 e. The van der Waals surface area contributed by atoms with Crippen LogP contribution in [0.15, 0.2) is 12.1 Å². The number of nitrogens with zero attached hydrogens (tertiary/aromatic N) is 3. The van der Waals surface area contributed by atoms with E-state index in [-0.39, 0.29) is 17.5 Å². The largest absolute Gasteiger partial charge is 0.405 e. The number of hydrogen-bond donors (Lipinski definition) is 0. The number of pyridine rings is 1. The molecule has 1 aromatic rings. The van der Waals surface area contributed by atoms with Gasteiger partial charge >= 0.3 is 6.18 Å². The van der Waals surface area contributed by atoms with Gasteiger partial charge in [-0.1, -0.05) is 18.5 Å². The van der Waals surface area contributed by atoms with Crippen LogP contribution in [0, 0.1) is 10.1 Å². The summed E-state index contributed by atoms with van der Waals surface area (Å²) >= 11 is 5.59. The molecule has 0 saturated carbocycles. The molecule has 1 rings (SSSR count). The summed E-state index contributed by atoms with van der Waals surface area (Å²) in [5.41, 5.74) is -0.390. The smallest absolute Gasteiger partial charge is 0.347 e. The van der Waals surface area contributed by atoms with Crippen LogP contribution in [0.1, 0.15) is 13.3 Å². The maximum atomic E-state index is 12.4. The molecule has 0 aliphatic carbocycles. The maximum Gasteiger partial charge on any atom is 0.405 e. The molecule has 0 radical (unpaired) electrons. The van der Waals surface area contributed by atoms with Crippen molar-refractivity contribution in [2.75, 3.05) is 18.0 Å². The Hall–Kier alpha value is -1.57. The van der Waals surface area contributed by atoms with Crippen LogP contribution >= 0.6 is 11.6 Å². The average molecular weight is 298 g/mol. The third-order valence-corrected chi connectivity index (χ3v) is 2.36. The molecule has 0 bridgehead atoms. The van der Waals surface area contributed by atoms with Crippen molar-refractivity contribution >= 4 is 23.1 Å². The second-order valence-electron chi connectivity index (χ2n) is 3.80. The van der Waals surface area contributed by atoms with Crippen LogP contribution in [0.4, 0.5) is 24.7 Å². The fourth-order valence-electron chi connectivity index (χ4n) is 1.50. The molecule has 0 N–H and O–H groups in total. The fourth-order valence-corrected chi connectivity index (χ4v) is 1.70. The summed E-state index contributed by atoms with van der Waals surface area (Å²) in [7, 11) is 0. The van der Waals surface area contributed by atoms with Gasteiger partial charge in [0, 0.05) is 6.54 Å². The molecule has 0 aliphatic rings. The van der Waals surface area contributed by atoms with Crippen LogP contribution in [0.2, 0.25) is 5.15 Å². The Morgan fingerprint density at radius 3 is 2.58 bits per heavy atom. The van der Waals surface area contributed by atoms with Crippen LogP contribution in [0.3, 0.4) is 0 Å². The van der Waals surface area contributed by atoms with Crippen molar-refractivity contribution < 1.29 is 18.1 Å². The van der Waals surface area contributed by atoms with E-state index in [0.717, 1.165) is 17.0 Å². The van der Waals surface area contributed by atoms with E-state index in [0.29, 0.717) is 6.42 Å². The van der Waals surface area contributed by atoms with Crippen LogP contribution in [-0.4, -0.2) is 29.2 Å². The summed E-state index contributed by atoms with van der Waals surface area (Å²) in [5, 5.41) is 10.4. The van der Waals surface area contributed by atoms with Crippen molar-refractivity contribution in [3.8, 4) is 0 Å². The summed E-state index contributed by atoms with van der Waals surface area (Å²) in [6.45, 7) is 0.539. The minimum atomic E-state index is -4.42. The van der Waals surface area contributed by atoms with Crippen LogP contribution < -0.4 is 4.90 Å². The molecular formula is C10H11ClF3N3O2. The van der Waals surface area contributed by atoms with E-state index < -0.39 is 23.3 Å². The normalized spacial score (nSPS) is 11.4. The number of nitro groups is 1. The highest BCUT2D eigenvalue weighted by Crippen LogP contribution is 2.26. The fraction of sp³-hybridized carbons (Fsp3) is 0.500. The van der Waals surface area contributed by atoms with Crippen molar-refractivity contribution in [3.05, 3.63) is 27.4 Å². The molecule has 0 unspecified atom stereocenters. The number of rotatable bonds is 5. The molecule has 0 aliphatic heterocycles. The third kappa shape index (κ3) is 4.90. The molecule has 1 aromatic heterocycles. The van der Waals surface area contributed by atoms with Gasteiger partial charge in [-0.15, -0.1) is 0 Å². The number of halogens is 4. The van der Waals surface area contributed by atoms with E-state index >= 15 is 0 Å². The molecule has 0 atom stereocenters. The Labute approximate surface area is 112 Å². The second-order valence-corrected chi connectivity index (χ2v) is 4.19. The quantitative estimate of drug-likeness (QED) is 0.475. The molecule has 19 heavy (non-hydrogen) atoms. The predicted octanol–water partition coefficient (Wildman–Crippen LogP) is 3.42. The van der Waals surface area contributed by atoms with Gasteiger partial charge in [0.2, 0.25) is 0 Å². The molecule has 0 spiro atoms. The first-order valence-corrected chi connectivity index (χ1v) is 5.74. The first kappa shape index (κ1) is 15.5. The third-order valence-electron chi connectivity index (χ3n) is 2.16. The summed E-state index contributed by atoms with van der Waals surface area (Å²) in [5.74, 6) is -0.154. The van der Waals surface area contributed by atoms with Crippen molar-refractivity contribution in [2.24, 2.45) is 0 Å². The van der Waals surface area contributed by atoms with Crippen molar-refractivity contribution in [1.82, 2.24) is 4.98 Å². The van der Waals surface area contributed by atoms with Crippen molar-refractivity contribution in [1.29, 1.82) is 0 Å². The van der Waals surface area contributed by atoms with Gasteiger partial charge in [-0.05, 0) is 6.42 Å². The minimum absolute atomic E-state index is 0.0734. The highest BCUT2D eigenvalue weighted by molar-refractivity contribution is 6.29. The van der Waals surface area contributed by atoms with E-state index in [9.17, 15) is 23.3 Å². The Morgan fingerprint density at radius 1 is 1.47 bits per heavy atom. The Kier molecular flexibility index (Phi) is 4.93. The topological polar surface area (TPSA) is 59.3 Å². The Bertz CT molecular complexity index is 468. The Morgan fingerprint density at radius 2 is 2.11 bits per heavy atom. The maximum absolute atomic E-state index is 12.4. The molecule has 0 aromatic carbocycles. The number of anilines is 1. The monoisotopic (exact) mass is 297 g/mol. The van der Waals surface area contributed by atoms with E-state index in [4.69, 9.17) is 11.6 Å². The highest BCUT2D eigenvalue weighted by Gasteiger charge is 2.31. The zero-order chi connectivity index (χ0) is 14.6. The first-order chi connectivity index (χ1) is 8.73. The van der Waals surface area contributed by atoms with Crippen LogP contribution in [0.25, 0.3) is 0 Å². The summed E-state index contributed by atoms with van der Waals surface area (Å²) < 4.78 is 37.3. The van der Waals surface area contributed by atoms with Gasteiger partial charge < -0.3 is 4.90 Å². The lowest BCUT2D eigenvalue weighted by molar-refractivity contribution is -0.384. The predicted molar refractivity (Wildman–Crippen MR) is 64.5 cm³/mol. The second kappa shape index (κ2) is 6.05. The first-order valence-electron chi connectivity index (χ1n) is 5.36. The molecule has 0 amide bonds. The Balaban J connectivity index is 3.11. The zero-order valence-electron chi connectivity index (χ0n) is 9.95. The molecular weight excluding hydrogens is 287 g/mol. The molecule has 5 nitrogen and oxygen atoms in total. The van der Waals surface area contributed by atoms with Crippen LogP contribution in [-0.2, 0) is 0 Å². The molecule has 106 valence electrons. The van der Waals surface area contributed by atoms with E-state index in [1.54, 1.807) is 6.92 Å². The van der Waals surface area contributed by atoms with Gasteiger partial charge in [0.1, 0.15) is 17.5 Å². The lowest BCUT2D eigenvalue weighted by Gasteiger charge is -2.24. The highest BCUT2D eigenvalue weighted by atomic mass is 35.5. The average Bonchev–Trinajstić information content (AvgIpc) is 2.25. The van der Waals surface area contributed by atoms with Gasteiger partial charge in [-0.2, -0.15) is 13.2 Å². The van der Waals surface area contributed by atoms with Gasteiger partial charge in [0.25, 0.3) is 5.69 Å². The van der Waals surface area contributed by atoms with Crippen molar-refractivity contribution in [2.45, 2.75) is 19.5 Å². The number of aromatic nitrogens is 1. The van der Waals surface area contributed by atoms with Crippen molar-refractivity contribution in [3.63, 3.8) is 0 Å². The SMILES string of the molecule is CCCN(CC(F)(F)F)c1cc([N+](=O)[O-])cc(Cl)n1. The van der Waals surface area contributed by atoms with Gasteiger partial charge in [-0.25, -0.2) is 4.98 Å². The zero-order valence-corrected chi connectivity index (χ0v) is 10.7. The van der Waals surface area contributed by atoms with Gasteiger partial charge in [-0.3, -0.25) is 10.1 Å². The van der Waals surface area contributed by atoms with Gasteiger partial charge in [0.05, 0.1) is 17.1 Å². The summed E-state index contributed by atoms with van der Waals surface area (Å²) in [6, 6.07) is 1.97. The molecule has 9 heteroatoms. The standard InChI is InChI=1S/C10H11ClF3N3O2/c1-2-3-16(6-10(12,13)14)9-5-7(17(18)19)4-8(11)15-9/h4-5H,2-3,6H2,1H3. The lowest BCUT2D eigenvalue weighted by Crippen LogP contribution is -2.35. The van der Waals surface area contributed by atoms with E-state index in [1.165, 1.54) is 0 Å².